The van der Waals surface area contributed by atoms with Gasteiger partial charge in [-0.3, -0.25) is 0 Å². The van der Waals surface area contributed by atoms with Crippen molar-refractivity contribution in [3.63, 3.8) is 0 Å². The Morgan fingerprint density at radius 1 is 1.33 bits per heavy atom. The molecule has 0 saturated heterocycles. The molecule has 0 bridgehead atoms. The first-order valence-corrected chi connectivity index (χ1v) is 6.61. The summed E-state index contributed by atoms with van der Waals surface area (Å²) in [5, 5.41) is 11.7. The van der Waals surface area contributed by atoms with Crippen LogP contribution in [0.2, 0.25) is 0 Å². The minimum absolute atomic E-state index is 0.0354. The number of methoxy groups -OCH3 is 1. The first kappa shape index (κ1) is 21.6. The monoisotopic (exact) mass is 299 g/mol. The molecule has 0 aliphatic rings. The normalized spacial score (nSPS) is 13.4. The van der Waals surface area contributed by atoms with Gasteiger partial charge in [0.1, 0.15) is 11.5 Å². The van der Waals surface area contributed by atoms with E-state index in [0.717, 1.165) is 19.1 Å². The van der Waals surface area contributed by atoms with Crippen LogP contribution >= 0.6 is 0 Å². The second kappa shape index (κ2) is 14.7. The Hall–Kier alpha value is -1.72. The predicted octanol–water partition coefficient (Wildman–Crippen LogP) is 4.05. The summed E-state index contributed by atoms with van der Waals surface area (Å²) in [6.07, 6.45) is 4.74. The second-order valence-corrected chi connectivity index (χ2v) is 3.96. The summed E-state index contributed by atoms with van der Waals surface area (Å²) >= 11 is 0. The van der Waals surface area contributed by atoms with Gasteiger partial charge in [0.05, 0.1) is 12.7 Å². The highest BCUT2D eigenvalue weighted by atomic mass is 19.1. The fraction of sp³-hybridized carbons (Fsp3) is 0.438. The minimum Gasteiger partial charge on any atom is -0.411 e. The summed E-state index contributed by atoms with van der Waals surface area (Å²) in [5.41, 5.74) is 0.120. The average molecular weight is 299 g/mol. The van der Waals surface area contributed by atoms with Crippen molar-refractivity contribution in [2.45, 2.75) is 26.4 Å². The lowest BCUT2D eigenvalue weighted by molar-refractivity contribution is 0.130. The van der Waals surface area contributed by atoms with Crippen molar-refractivity contribution in [3.05, 3.63) is 49.4 Å². The van der Waals surface area contributed by atoms with Gasteiger partial charge in [0.25, 0.3) is 0 Å². The van der Waals surface area contributed by atoms with E-state index >= 15 is 0 Å². The highest BCUT2D eigenvalue weighted by Gasteiger charge is 2.11. The van der Waals surface area contributed by atoms with E-state index in [1.54, 1.807) is 20.1 Å². The molecule has 1 N–H and O–H groups in total. The third kappa shape index (κ3) is 10.7. The number of oxime groups is 1. The second-order valence-electron chi connectivity index (χ2n) is 3.96. The van der Waals surface area contributed by atoms with Crippen LogP contribution in [0.1, 0.15) is 20.3 Å². The molecular formula is C16H26FNO3. The SMILES string of the molecule is C=C/C(F)=C(C=C)/C(COC(C)C=C)=N/O.CCCOC. The molecule has 1 atom stereocenters. The lowest BCUT2D eigenvalue weighted by Crippen LogP contribution is -2.16. The number of allylic oxidation sites excluding steroid dienone is 3. The molecule has 120 valence electrons. The van der Waals surface area contributed by atoms with Crippen LogP contribution in [-0.4, -0.2) is 37.3 Å². The minimum atomic E-state index is -0.613. The van der Waals surface area contributed by atoms with E-state index in [1.165, 1.54) is 6.08 Å². The molecule has 0 heterocycles. The predicted molar refractivity (Wildman–Crippen MR) is 85.5 cm³/mol. The zero-order valence-electron chi connectivity index (χ0n) is 13.1. The van der Waals surface area contributed by atoms with Crippen molar-refractivity contribution < 1.29 is 19.1 Å². The first-order valence-electron chi connectivity index (χ1n) is 6.61. The Morgan fingerprint density at radius 2 is 1.95 bits per heavy atom. The van der Waals surface area contributed by atoms with Gasteiger partial charge in [-0.25, -0.2) is 4.39 Å². The highest BCUT2D eigenvalue weighted by Crippen LogP contribution is 2.11. The third-order valence-electron chi connectivity index (χ3n) is 2.30. The fourth-order valence-electron chi connectivity index (χ4n) is 1.11. The molecule has 0 fully saturated rings. The maximum absolute atomic E-state index is 13.3. The van der Waals surface area contributed by atoms with Gasteiger partial charge in [-0.2, -0.15) is 0 Å². The average Bonchev–Trinajstić information content (AvgIpc) is 2.51. The van der Waals surface area contributed by atoms with Crippen molar-refractivity contribution >= 4 is 5.71 Å². The zero-order chi connectivity index (χ0) is 16.7. The molecule has 0 aliphatic heterocycles. The van der Waals surface area contributed by atoms with Crippen molar-refractivity contribution in [1.29, 1.82) is 0 Å². The van der Waals surface area contributed by atoms with Crippen LogP contribution in [0.4, 0.5) is 4.39 Å². The molecule has 4 nitrogen and oxygen atoms in total. The van der Waals surface area contributed by atoms with E-state index < -0.39 is 5.83 Å². The Labute approximate surface area is 126 Å². The first-order chi connectivity index (χ1) is 10.0. The molecular weight excluding hydrogens is 273 g/mol. The number of ether oxygens (including phenoxy) is 2. The van der Waals surface area contributed by atoms with E-state index in [2.05, 4.69) is 31.8 Å². The number of hydrogen-bond donors (Lipinski definition) is 1. The van der Waals surface area contributed by atoms with Gasteiger partial charge >= 0.3 is 0 Å². The number of halogens is 1. The molecule has 21 heavy (non-hydrogen) atoms. The maximum Gasteiger partial charge on any atom is 0.131 e. The van der Waals surface area contributed by atoms with E-state index in [0.29, 0.717) is 0 Å². The Morgan fingerprint density at radius 3 is 2.24 bits per heavy atom. The molecule has 5 heteroatoms. The molecule has 1 unspecified atom stereocenters. The summed E-state index contributed by atoms with van der Waals surface area (Å²) in [6, 6.07) is 0. The van der Waals surface area contributed by atoms with E-state index in [9.17, 15) is 4.39 Å². The molecule has 0 aliphatic carbocycles. The molecule has 0 spiro atoms. The van der Waals surface area contributed by atoms with Crippen LogP contribution < -0.4 is 0 Å². The van der Waals surface area contributed by atoms with Gasteiger partial charge in [-0.1, -0.05) is 37.4 Å². The van der Waals surface area contributed by atoms with Crippen molar-refractivity contribution in [3.8, 4) is 0 Å². The van der Waals surface area contributed by atoms with E-state index in [4.69, 9.17) is 14.7 Å². The Balaban J connectivity index is 0. The van der Waals surface area contributed by atoms with Crippen LogP contribution in [0.5, 0.6) is 0 Å². The molecule has 0 aromatic heterocycles. The molecule has 0 amide bonds. The van der Waals surface area contributed by atoms with Crippen molar-refractivity contribution in [1.82, 2.24) is 0 Å². The van der Waals surface area contributed by atoms with Gasteiger partial charge in [-0.05, 0) is 19.4 Å². The molecule has 0 radical (unpaired) electrons. The summed E-state index contributed by atoms with van der Waals surface area (Å²) in [7, 11) is 1.71. The molecule has 0 aromatic rings. The quantitative estimate of drug-likeness (QED) is 0.230. The zero-order valence-corrected chi connectivity index (χ0v) is 13.1. The number of rotatable bonds is 9. The summed E-state index contributed by atoms with van der Waals surface area (Å²) in [5.74, 6) is -0.613. The topological polar surface area (TPSA) is 51.0 Å². The highest BCUT2D eigenvalue weighted by molar-refractivity contribution is 6.03. The van der Waals surface area contributed by atoms with Crippen LogP contribution in [-0.2, 0) is 9.47 Å². The summed E-state index contributed by atoms with van der Waals surface area (Å²) < 4.78 is 23.2. The van der Waals surface area contributed by atoms with E-state index in [-0.39, 0.29) is 24.0 Å². The van der Waals surface area contributed by atoms with Crippen LogP contribution in [0.3, 0.4) is 0 Å². The van der Waals surface area contributed by atoms with Gasteiger partial charge < -0.3 is 14.7 Å². The fourth-order valence-corrected chi connectivity index (χ4v) is 1.11. The van der Waals surface area contributed by atoms with Gasteiger partial charge in [0.15, 0.2) is 0 Å². The van der Waals surface area contributed by atoms with Crippen LogP contribution in [0, 0.1) is 0 Å². The van der Waals surface area contributed by atoms with Crippen molar-refractivity contribution in [2.75, 3.05) is 20.3 Å². The summed E-state index contributed by atoms with van der Waals surface area (Å²) in [4.78, 5) is 0. The van der Waals surface area contributed by atoms with Gasteiger partial charge in [0.2, 0.25) is 0 Å². The largest absolute Gasteiger partial charge is 0.411 e. The Kier molecular flexibility index (Phi) is 15.1. The third-order valence-corrected chi connectivity index (χ3v) is 2.30. The van der Waals surface area contributed by atoms with Crippen molar-refractivity contribution in [2.24, 2.45) is 5.16 Å². The molecule has 0 rings (SSSR count). The molecule has 0 saturated carbocycles. The smallest absolute Gasteiger partial charge is 0.131 e. The van der Waals surface area contributed by atoms with Gasteiger partial charge in [0, 0.05) is 19.3 Å². The Bertz CT molecular complexity index is 374. The van der Waals surface area contributed by atoms with Crippen LogP contribution in [0.15, 0.2) is 54.5 Å². The lowest BCUT2D eigenvalue weighted by atomic mass is 10.1. The number of nitrogens with zero attached hydrogens (tertiary/aromatic N) is 1. The van der Waals surface area contributed by atoms with Crippen LogP contribution in [0.25, 0.3) is 0 Å². The maximum atomic E-state index is 13.3. The molecule has 0 aromatic carbocycles. The standard InChI is InChI=1S/C12H16FNO2.C4H10O/c1-5-9(4)16-8-12(14-15)10(6-2)11(13)7-3;1-3-4-5-2/h5-7,9,15H,1-3,8H2,4H3;3-4H2,1-2H3/b11-10-,14-12+;. The summed E-state index contributed by atoms with van der Waals surface area (Å²) in [6.45, 7) is 15.0. The lowest BCUT2D eigenvalue weighted by Gasteiger charge is -2.10. The van der Waals surface area contributed by atoms with E-state index in [1.807, 2.05) is 0 Å². The number of hydrogen-bond acceptors (Lipinski definition) is 4. The van der Waals surface area contributed by atoms with Gasteiger partial charge in [-0.15, -0.1) is 6.58 Å².